The summed E-state index contributed by atoms with van der Waals surface area (Å²) in [7, 11) is 0. The molecule has 126 valence electrons. The van der Waals surface area contributed by atoms with E-state index in [1.165, 1.54) is 0 Å². The van der Waals surface area contributed by atoms with Gasteiger partial charge in [-0.05, 0) is 18.6 Å². The smallest absolute Gasteiger partial charge is 0.292 e. The quantitative estimate of drug-likeness (QED) is 0.728. The summed E-state index contributed by atoms with van der Waals surface area (Å²) in [5.41, 5.74) is -1.82. The minimum absolute atomic E-state index is 0.154. The highest BCUT2D eigenvalue weighted by Gasteiger charge is 2.37. The second kappa shape index (κ2) is 6.23. The zero-order valence-electron chi connectivity index (χ0n) is 12.6. The van der Waals surface area contributed by atoms with Gasteiger partial charge in [0.25, 0.3) is 5.56 Å². The number of thiazole rings is 1. The van der Waals surface area contributed by atoms with E-state index in [1.807, 2.05) is 6.92 Å². The highest BCUT2D eigenvalue weighted by molar-refractivity contribution is 7.20. The molecule has 9 heteroatoms. The van der Waals surface area contributed by atoms with Gasteiger partial charge in [-0.2, -0.15) is 17.9 Å². The van der Waals surface area contributed by atoms with Gasteiger partial charge in [-0.15, -0.1) is 0 Å². The van der Waals surface area contributed by atoms with Crippen molar-refractivity contribution in [1.82, 2.24) is 14.8 Å². The number of fused-ring (bicyclic) bond motifs is 1. The summed E-state index contributed by atoms with van der Waals surface area (Å²) in [6.07, 6.45) is -3.03. The summed E-state index contributed by atoms with van der Waals surface area (Å²) < 4.78 is 41.2. The minimum Gasteiger partial charge on any atom is -0.292 e. The Morgan fingerprint density at radius 2 is 2.12 bits per heavy atom. The Hall–Kier alpha value is -2.42. The molecule has 2 heterocycles. The van der Waals surface area contributed by atoms with Crippen molar-refractivity contribution in [3.63, 3.8) is 0 Å². The molecule has 0 spiro atoms. The Morgan fingerprint density at radius 1 is 1.38 bits per heavy atom. The van der Waals surface area contributed by atoms with Crippen LogP contribution >= 0.6 is 11.3 Å². The first-order chi connectivity index (χ1) is 11.4. The van der Waals surface area contributed by atoms with Crippen molar-refractivity contribution < 1.29 is 13.2 Å². The first-order valence-corrected chi connectivity index (χ1v) is 8.01. The molecule has 3 aromatic rings. The molecule has 0 saturated heterocycles. The average Bonchev–Trinajstić information content (AvgIpc) is 3.08. The van der Waals surface area contributed by atoms with E-state index in [0.717, 1.165) is 26.9 Å². The molecule has 0 bridgehead atoms. The number of nitrogens with zero attached hydrogens (tertiary/aromatic N) is 3. The predicted molar refractivity (Wildman–Crippen MR) is 87.3 cm³/mol. The van der Waals surface area contributed by atoms with Gasteiger partial charge in [0.1, 0.15) is 0 Å². The first kappa shape index (κ1) is 16.4. The lowest BCUT2D eigenvalue weighted by atomic mass is 10.2. The molecule has 0 saturated carbocycles. The first-order valence-electron chi connectivity index (χ1n) is 7.19. The lowest BCUT2D eigenvalue weighted by molar-refractivity contribution is -0.141. The third-order valence-corrected chi connectivity index (χ3v) is 4.28. The number of rotatable bonds is 4. The third kappa shape index (κ3) is 2.99. The Morgan fingerprint density at radius 3 is 2.79 bits per heavy atom. The zero-order chi connectivity index (χ0) is 17.3. The van der Waals surface area contributed by atoms with Crippen molar-refractivity contribution in [3.8, 4) is 5.13 Å². The number of aromatic nitrogens is 3. The van der Waals surface area contributed by atoms with Crippen LogP contribution in [0.2, 0.25) is 0 Å². The fraction of sp³-hybridized carbons (Fsp3) is 0.267. The fourth-order valence-electron chi connectivity index (χ4n) is 2.16. The molecule has 0 fully saturated rings. The Labute approximate surface area is 138 Å². The molecule has 24 heavy (non-hydrogen) atoms. The summed E-state index contributed by atoms with van der Waals surface area (Å²) in [4.78, 5) is 20.5. The average molecular weight is 354 g/mol. The summed E-state index contributed by atoms with van der Waals surface area (Å²) in [5.74, 6) is 0. The summed E-state index contributed by atoms with van der Waals surface area (Å²) in [6.45, 7) is 2.20. The highest BCUT2D eigenvalue weighted by atomic mass is 32.1. The zero-order valence-corrected chi connectivity index (χ0v) is 13.4. The third-order valence-electron chi connectivity index (χ3n) is 3.26. The minimum atomic E-state index is -4.69. The number of aliphatic imine (C=N–C) groups is 1. The fourth-order valence-corrected chi connectivity index (χ4v) is 3.09. The number of nitrogens with one attached hydrogen (secondary N) is 1. The number of benzene rings is 1. The van der Waals surface area contributed by atoms with Crippen molar-refractivity contribution in [1.29, 1.82) is 0 Å². The Bertz CT molecular complexity index is 919. The van der Waals surface area contributed by atoms with E-state index in [0.29, 0.717) is 18.5 Å². The van der Waals surface area contributed by atoms with Crippen molar-refractivity contribution in [2.24, 2.45) is 4.99 Å². The van der Waals surface area contributed by atoms with E-state index in [1.54, 1.807) is 24.3 Å². The van der Waals surface area contributed by atoms with Gasteiger partial charge in [-0.3, -0.25) is 14.9 Å². The van der Waals surface area contributed by atoms with E-state index in [2.05, 4.69) is 15.1 Å². The van der Waals surface area contributed by atoms with Gasteiger partial charge in [-0.1, -0.05) is 30.4 Å². The van der Waals surface area contributed by atoms with Gasteiger partial charge < -0.3 is 0 Å². The van der Waals surface area contributed by atoms with Crippen LogP contribution < -0.4 is 5.56 Å². The Balaban J connectivity index is 2.16. The molecule has 2 aromatic heterocycles. The van der Waals surface area contributed by atoms with Crippen LogP contribution in [0.5, 0.6) is 0 Å². The molecule has 0 atom stereocenters. The SMILES string of the molecule is CCCN=Cc1c(C(F)(F)F)[nH]n(-c2nc3ccccc3s2)c1=O. The maximum atomic E-state index is 13.2. The van der Waals surface area contributed by atoms with Crippen molar-refractivity contribution in [3.05, 3.63) is 45.9 Å². The Kier molecular flexibility index (Phi) is 4.27. The van der Waals surface area contributed by atoms with Gasteiger partial charge >= 0.3 is 6.18 Å². The van der Waals surface area contributed by atoms with E-state index < -0.39 is 23.0 Å². The number of alkyl halides is 3. The number of halogens is 3. The maximum absolute atomic E-state index is 13.2. The van der Waals surface area contributed by atoms with Gasteiger partial charge in [0, 0.05) is 12.8 Å². The predicted octanol–water partition coefficient (Wildman–Crippen LogP) is 3.62. The number of aromatic amines is 1. The van der Waals surface area contributed by atoms with Crippen molar-refractivity contribution >= 4 is 27.8 Å². The molecular formula is C15H13F3N4OS. The van der Waals surface area contributed by atoms with Crippen LogP contribution in [-0.2, 0) is 6.18 Å². The molecule has 5 nitrogen and oxygen atoms in total. The van der Waals surface area contributed by atoms with Gasteiger partial charge in [0.05, 0.1) is 15.8 Å². The monoisotopic (exact) mass is 354 g/mol. The molecule has 0 amide bonds. The molecule has 3 rings (SSSR count). The summed E-state index contributed by atoms with van der Waals surface area (Å²) in [6, 6.07) is 7.09. The van der Waals surface area contributed by atoms with Crippen LogP contribution in [0.25, 0.3) is 15.3 Å². The van der Waals surface area contributed by atoms with Gasteiger partial charge in [0.2, 0.25) is 5.13 Å². The van der Waals surface area contributed by atoms with Gasteiger partial charge in [-0.25, -0.2) is 4.98 Å². The van der Waals surface area contributed by atoms with Crippen LogP contribution in [0, 0.1) is 0 Å². The van der Waals surface area contributed by atoms with Crippen LogP contribution in [0.1, 0.15) is 24.6 Å². The van der Waals surface area contributed by atoms with Crippen molar-refractivity contribution in [2.75, 3.05) is 6.54 Å². The molecule has 0 radical (unpaired) electrons. The molecule has 1 N–H and O–H groups in total. The lowest BCUT2D eigenvalue weighted by Gasteiger charge is -2.03. The van der Waals surface area contributed by atoms with Gasteiger partial charge in [0.15, 0.2) is 5.69 Å². The van der Waals surface area contributed by atoms with Crippen LogP contribution in [0.15, 0.2) is 34.1 Å². The van der Waals surface area contributed by atoms with Crippen LogP contribution in [0.3, 0.4) is 0 Å². The second-order valence-electron chi connectivity index (χ2n) is 5.04. The number of H-pyrrole nitrogens is 1. The number of hydrogen-bond donors (Lipinski definition) is 1. The van der Waals surface area contributed by atoms with E-state index in [9.17, 15) is 18.0 Å². The molecule has 1 aromatic carbocycles. The summed E-state index contributed by atoms with van der Waals surface area (Å²) >= 11 is 1.13. The molecule has 0 aliphatic rings. The molecule has 0 aliphatic heterocycles. The summed E-state index contributed by atoms with van der Waals surface area (Å²) in [5, 5.41) is 2.28. The standard InChI is InChI=1S/C15H13F3N4OS/c1-2-7-19-8-9-12(15(16,17)18)21-22(13(9)23)14-20-10-5-3-4-6-11(10)24-14/h3-6,8,21H,2,7H2,1H3. The normalized spacial score (nSPS) is 12.5. The van der Waals surface area contributed by atoms with E-state index in [-0.39, 0.29) is 5.13 Å². The highest BCUT2D eigenvalue weighted by Crippen LogP contribution is 2.30. The van der Waals surface area contributed by atoms with Crippen LogP contribution in [0.4, 0.5) is 13.2 Å². The number of para-hydroxylation sites is 1. The lowest BCUT2D eigenvalue weighted by Crippen LogP contribution is -2.17. The number of hydrogen-bond acceptors (Lipinski definition) is 4. The molecule has 0 aliphatic carbocycles. The van der Waals surface area contributed by atoms with Crippen LogP contribution in [-0.4, -0.2) is 27.5 Å². The molecule has 0 unspecified atom stereocenters. The van der Waals surface area contributed by atoms with E-state index in [4.69, 9.17) is 0 Å². The topological polar surface area (TPSA) is 63.0 Å². The second-order valence-corrected chi connectivity index (χ2v) is 6.05. The van der Waals surface area contributed by atoms with E-state index >= 15 is 0 Å². The van der Waals surface area contributed by atoms with Crippen molar-refractivity contribution in [2.45, 2.75) is 19.5 Å². The maximum Gasteiger partial charge on any atom is 0.433 e. The largest absolute Gasteiger partial charge is 0.433 e. The molecular weight excluding hydrogens is 341 g/mol.